The molecule has 0 amide bonds. The van der Waals surface area contributed by atoms with Crippen LogP contribution in [0.4, 0.5) is 0 Å². The molecule has 6 heteroatoms. The number of ether oxygens (including phenoxy) is 3. The standard InChI is InChI=1S/C21H34O6/c1-5-7-8-9-13-25-20(24)21(27-18(22)6-2)12-10-11-17(14-21)19(23)26-15-16(3)4/h6,16-17H,2,5,7-15H2,1,3-4H3. The first kappa shape index (κ1) is 23.2. The predicted octanol–water partition coefficient (Wildman–Crippen LogP) is 3.97. The highest BCUT2D eigenvalue weighted by Gasteiger charge is 2.49. The average molecular weight is 382 g/mol. The summed E-state index contributed by atoms with van der Waals surface area (Å²) in [6, 6.07) is 0. The summed E-state index contributed by atoms with van der Waals surface area (Å²) in [4.78, 5) is 37.0. The minimum atomic E-state index is -1.43. The third kappa shape index (κ3) is 7.73. The SMILES string of the molecule is C=CC(=O)OC1(C(=O)OCCCCCC)CCCC(C(=O)OCC(C)C)C1. The van der Waals surface area contributed by atoms with Gasteiger partial charge in [-0.3, -0.25) is 4.79 Å². The molecule has 1 fully saturated rings. The van der Waals surface area contributed by atoms with E-state index in [0.717, 1.165) is 31.8 Å². The van der Waals surface area contributed by atoms with Crippen LogP contribution in [0.25, 0.3) is 0 Å². The molecule has 0 spiro atoms. The summed E-state index contributed by atoms with van der Waals surface area (Å²) in [6.45, 7) is 10.0. The van der Waals surface area contributed by atoms with Crippen molar-refractivity contribution in [2.24, 2.45) is 11.8 Å². The van der Waals surface area contributed by atoms with Gasteiger partial charge in [0, 0.05) is 12.5 Å². The van der Waals surface area contributed by atoms with Gasteiger partial charge >= 0.3 is 17.9 Å². The predicted molar refractivity (Wildman–Crippen MR) is 102 cm³/mol. The van der Waals surface area contributed by atoms with Gasteiger partial charge < -0.3 is 14.2 Å². The molecule has 1 saturated carbocycles. The molecule has 0 heterocycles. The minimum Gasteiger partial charge on any atom is -0.465 e. The van der Waals surface area contributed by atoms with Gasteiger partial charge in [-0.25, -0.2) is 9.59 Å². The fourth-order valence-electron chi connectivity index (χ4n) is 3.18. The lowest BCUT2D eigenvalue weighted by Gasteiger charge is -2.37. The molecule has 0 aromatic rings. The number of unbranched alkanes of at least 4 members (excludes halogenated alkanes) is 3. The molecule has 2 atom stereocenters. The number of esters is 3. The van der Waals surface area contributed by atoms with E-state index in [9.17, 15) is 14.4 Å². The molecule has 1 aliphatic carbocycles. The van der Waals surface area contributed by atoms with Crippen molar-refractivity contribution in [3.05, 3.63) is 12.7 Å². The monoisotopic (exact) mass is 382 g/mol. The van der Waals surface area contributed by atoms with Crippen molar-refractivity contribution in [3.8, 4) is 0 Å². The van der Waals surface area contributed by atoms with Crippen molar-refractivity contribution in [3.63, 3.8) is 0 Å². The van der Waals surface area contributed by atoms with E-state index in [2.05, 4.69) is 13.5 Å². The summed E-state index contributed by atoms with van der Waals surface area (Å²) in [7, 11) is 0. The molecule has 6 nitrogen and oxygen atoms in total. The van der Waals surface area contributed by atoms with Gasteiger partial charge in [0.05, 0.1) is 19.1 Å². The maximum Gasteiger partial charge on any atom is 0.350 e. The molecule has 0 saturated heterocycles. The van der Waals surface area contributed by atoms with Gasteiger partial charge in [0.25, 0.3) is 0 Å². The summed E-state index contributed by atoms with van der Waals surface area (Å²) >= 11 is 0. The Morgan fingerprint density at radius 1 is 1.19 bits per heavy atom. The third-order valence-corrected chi connectivity index (χ3v) is 4.67. The van der Waals surface area contributed by atoms with E-state index in [1.807, 2.05) is 13.8 Å². The van der Waals surface area contributed by atoms with Crippen LogP contribution in [0, 0.1) is 11.8 Å². The van der Waals surface area contributed by atoms with Crippen LogP contribution in [0.5, 0.6) is 0 Å². The van der Waals surface area contributed by atoms with Crippen molar-refractivity contribution in [1.82, 2.24) is 0 Å². The second-order valence-electron chi connectivity index (χ2n) is 7.63. The Morgan fingerprint density at radius 2 is 1.93 bits per heavy atom. The van der Waals surface area contributed by atoms with Gasteiger partial charge in [-0.2, -0.15) is 0 Å². The molecule has 154 valence electrons. The highest BCUT2D eigenvalue weighted by molar-refractivity contribution is 5.88. The number of hydrogen-bond donors (Lipinski definition) is 0. The van der Waals surface area contributed by atoms with Crippen molar-refractivity contribution < 1.29 is 28.6 Å². The first-order valence-electron chi connectivity index (χ1n) is 10.0. The van der Waals surface area contributed by atoms with Crippen molar-refractivity contribution >= 4 is 17.9 Å². The summed E-state index contributed by atoms with van der Waals surface area (Å²) in [6.07, 6.45) is 6.57. The Morgan fingerprint density at radius 3 is 2.56 bits per heavy atom. The minimum absolute atomic E-state index is 0.0945. The molecule has 27 heavy (non-hydrogen) atoms. The van der Waals surface area contributed by atoms with E-state index in [1.165, 1.54) is 0 Å². The van der Waals surface area contributed by atoms with Crippen molar-refractivity contribution in [2.75, 3.05) is 13.2 Å². The third-order valence-electron chi connectivity index (χ3n) is 4.67. The highest BCUT2D eigenvalue weighted by atomic mass is 16.6. The Labute approximate surface area is 162 Å². The van der Waals surface area contributed by atoms with Crippen LogP contribution in [0.3, 0.4) is 0 Å². The lowest BCUT2D eigenvalue weighted by molar-refractivity contribution is -0.188. The molecule has 0 bridgehead atoms. The molecule has 0 N–H and O–H groups in total. The Kier molecular flexibility index (Phi) is 10.1. The number of carbonyl (C=O) groups is 3. The number of carbonyl (C=O) groups excluding carboxylic acids is 3. The number of hydrogen-bond acceptors (Lipinski definition) is 6. The van der Waals surface area contributed by atoms with Gasteiger partial charge in [0.1, 0.15) is 0 Å². The second kappa shape index (κ2) is 11.8. The molecule has 1 rings (SSSR count). The second-order valence-corrected chi connectivity index (χ2v) is 7.63. The largest absolute Gasteiger partial charge is 0.465 e. The first-order valence-corrected chi connectivity index (χ1v) is 10.0. The zero-order valence-corrected chi connectivity index (χ0v) is 17.0. The topological polar surface area (TPSA) is 78.9 Å². The van der Waals surface area contributed by atoms with Crippen LogP contribution in [-0.4, -0.2) is 36.7 Å². The Balaban J connectivity index is 2.78. The van der Waals surface area contributed by atoms with Crippen LogP contribution in [0.15, 0.2) is 12.7 Å². The molecule has 2 unspecified atom stereocenters. The maximum atomic E-state index is 12.8. The van der Waals surface area contributed by atoms with Crippen LogP contribution in [0.2, 0.25) is 0 Å². The lowest BCUT2D eigenvalue weighted by atomic mass is 9.77. The summed E-state index contributed by atoms with van der Waals surface area (Å²) < 4.78 is 16.2. The summed E-state index contributed by atoms with van der Waals surface area (Å²) in [5, 5.41) is 0. The fraction of sp³-hybridized carbons (Fsp3) is 0.762. The van der Waals surface area contributed by atoms with Gasteiger partial charge in [0.2, 0.25) is 5.60 Å². The Bertz CT molecular complexity index is 513. The van der Waals surface area contributed by atoms with Crippen molar-refractivity contribution in [1.29, 1.82) is 0 Å². The van der Waals surface area contributed by atoms with Crippen molar-refractivity contribution in [2.45, 2.75) is 77.7 Å². The van der Waals surface area contributed by atoms with E-state index >= 15 is 0 Å². The normalized spacial score (nSPS) is 22.1. The van der Waals surface area contributed by atoms with E-state index in [4.69, 9.17) is 14.2 Å². The summed E-state index contributed by atoms with van der Waals surface area (Å²) in [5.74, 6) is -1.86. The van der Waals surface area contributed by atoms with Crippen LogP contribution in [-0.2, 0) is 28.6 Å². The zero-order chi connectivity index (χ0) is 20.3. The van der Waals surface area contributed by atoms with Gasteiger partial charge in [-0.05, 0) is 31.6 Å². The molecule has 0 aliphatic heterocycles. The number of rotatable bonds is 11. The van der Waals surface area contributed by atoms with Crippen LogP contribution < -0.4 is 0 Å². The molecule has 0 aromatic heterocycles. The smallest absolute Gasteiger partial charge is 0.350 e. The molecule has 0 aromatic carbocycles. The van der Waals surface area contributed by atoms with Gasteiger partial charge in [-0.15, -0.1) is 0 Å². The van der Waals surface area contributed by atoms with E-state index < -0.39 is 23.5 Å². The molecule has 0 radical (unpaired) electrons. The zero-order valence-electron chi connectivity index (χ0n) is 17.0. The van der Waals surface area contributed by atoms with E-state index in [1.54, 1.807) is 0 Å². The highest BCUT2D eigenvalue weighted by Crippen LogP contribution is 2.37. The van der Waals surface area contributed by atoms with Crippen LogP contribution >= 0.6 is 0 Å². The van der Waals surface area contributed by atoms with E-state index in [-0.39, 0.29) is 24.9 Å². The van der Waals surface area contributed by atoms with Gasteiger partial charge in [0.15, 0.2) is 0 Å². The Hall–Kier alpha value is -1.85. The summed E-state index contributed by atoms with van der Waals surface area (Å²) in [5.41, 5.74) is -1.43. The van der Waals surface area contributed by atoms with Gasteiger partial charge in [-0.1, -0.05) is 46.6 Å². The molecular weight excluding hydrogens is 348 g/mol. The molecular formula is C21H34O6. The van der Waals surface area contributed by atoms with Crippen LogP contribution in [0.1, 0.15) is 72.1 Å². The quantitative estimate of drug-likeness (QED) is 0.233. The molecule has 1 aliphatic rings. The first-order chi connectivity index (χ1) is 12.8. The van der Waals surface area contributed by atoms with E-state index in [0.29, 0.717) is 25.9 Å². The lowest BCUT2D eigenvalue weighted by Crippen LogP contribution is -2.49. The maximum absolute atomic E-state index is 12.8. The fourth-order valence-corrected chi connectivity index (χ4v) is 3.18. The average Bonchev–Trinajstić information content (AvgIpc) is 2.65.